The third kappa shape index (κ3) is 0.827. The Morgan fingerprint density at radius 3 is 3.09 bits per heavy atom. The molecule has 0 unspecified atom stereocenters. The van der Waals surface area contributed by atoms with Crippen molar-refractivity contribution in [1.29, 1.82) is 0 Å². The zero-order valence-electron chi connectivity index (χ0n) is 6.26. The first-order valence-electron chi connectivity index (χ1n) is 3.57. The van der Waals surface area contributed by atoms with Gasteiger partial charge in [0, 0.05) is 12.0 Å². The van der Waals surface area contributed by atoms with E-state index in [0.29, 0.717) is 0 Å². The molecule has 0 radical (unpaired) electrons. The second kappa shape index (κ2) is 2.09. The summed E-state index contributed by atoms with van der Waals surface area (Å²) in [7, 11) is 0. The van der Waals surface area contributed by atoms with Gasteiger partial charge in [0.15, 0.2) is 0 Å². The van der Waals surface area contributed by atoms with E-state index in [1.807, 2.05) is 0 Å². The Labute approximate surface area is 64.8 Å². The lowest BCUT2D eigenvalue weighted by atomic mass is 10.2. The molecule has 0 atom stereocenters. The Kier molecular flexibility index (Phi) is 1.22. The number of rotatable bonds is 0. The van der Waals surface area contributed by atoms with E-state index in [2.05, 4.69) is 18.1 Å². The van der Waals surface area contributed by atoms with Crippen LogP contribution in [0.2, 0.25) is 0 Å². The lowest BCUT2D eigenvalue weighted by molar-refractivity contribution is 0.355. The summed E-state index contributed by atoms with van der Waals surface area (Å²) in [6, 6.07) is 0. The van der Waals surface area contributed by atoms with Gasteiger partial charge in [-0.3, -0.25) is 4.98 Å². The van der Waals surface area contributed by atoms with Crippen molar-refractivity contribution in [2.45, 2.75) is 6.42 Å². The number of aromatic nitrogens is 1. The van der Waals surface area contributed by atoms with Crippen LogP contribution in [0.25, 0.3) is 13.2 Å². The van der Waals surface area contributed by atoms with Gasteiger partial charge < -0.3 is 4.74 Å². The number of pyridine rings is 1. The molecule has 0 amide bonds. The van der Waals surface area contributed by atoms with Crippen molar-refractivity contribution in [3.05, 3.63) is 22.3 Å². The zero-order valence-corrected chi connectivity index (χ0v) is 6.26. The molecule has 0 bridgehead atoms. The minimum Gasteiger partial charge on any atom is -0.491 e. The fourth-order valence-corrected chi connectivity index (χ4v) is 1.28. The highest BCUT2D eigenvalue weighted by atomic mass is 16.5. The molecule has 1 aromatic heterocycles. The minimum absolute atomic E-state index is 0.753. The molecule has 56 valence electrons. The fraction of sp³-hybridized carbons (Fsp3) is 0.222. The summed E-state index contributed by atoms with van der Waals surface area (Å²) < 4.78 is 5.30. The zero-order chi connectivity index (χ0) is 7.84. The Bertz CT molecular complexity index is 383. The van der Waals surface area contributed by atoms with Crippen molar-refractivity contribution >= 4 is 13.2 Å². The topological polar surface area (TPSA) is 22.1 Å². The van der Waals surface area contributed by atoms with Crippen LogP contribution in [0, 0.1) is 0 Å². The molecule has 1 aliphatic heterocycles. The summed E-state index contributed by atoms with van der Waals surface area (Å²) in [6.07, 6.45) is 2.67. The molecule has 0 saturated carbocycles. The highest BCUT2D eigenvalue weighted by molar-refractivity contribution is 5.36. The van der Waals surface area contributed by atoms with Gasteiger partial charge in [-0.05, 0) is 5.22 Å². The van der Waals surface area contributed by atoms with Gasteiger partial charge in [0.25, 0.3) is 0 Å². The first-order valence-corrected chi connectivity index (χ1v) is 3.57. The lowest BCUT2D eigenvalue weighted by Gasteiger charge is -1.96. The number of ether oxygens (including phenoxy) is 1. The summed E-state index contributed by atoms with van der Waals surface area (Å²) >= 11 is 0. The van der Waals surface area contributed by atoms with E-state index in [4.69, 9.17) is 4.74 Å². The Balaban J connectivity index is 2.82. The summed E-state index contributed by atoms with van der Waals surface area (Å²) in [5.74, 6) is 0.877. The predicted molar refractivity (Wildman–Crippen MR) is 43.7 cm³/mol. The monoisotopic (exact) mass is 147 g/mol. The van der Waals surface area contributed by atoms with E-state index >= 15 is 0 Å². The molecule has 2 heteroatoms. The van der Waals surface area contributed by atoms with Crippen molar-refractivity contribution in [1.82, 2.24) is 4.98 Å². The van der Waals surface area contributed by atoms with Crippen molar-refractivity contribution in [3.8, 4) is 5.75 Å². The second-order valence-corrected chi connectivity index (χ2v) is 2.62. The molecule has 0 fully saturated rings. The third-order valence-corrected chi connectivity index (χ3v) is 1.96. The van der Waals surface area contributed by atoms with Gasteiger partial charge in [0.2, 0.25) is 0 Å². The minimum atomic E-state index is 0.753. The average molecular weight is 147 g/mol. The maximum atomic E-state index is 5.30. The van der Waals surface area contributed by atoms with E-state index < -0.39 is 0 Å². The summed E-state index contributed by atoms with van der Waals surface area (Å²) in [5.41, 5.74) is 1.17. The van der Waals surface area contributed by atoms with Crippen molar-refractivity contribution in [2.75, 3.05) is 6.61 Å². The third-order valence-electron chi connectivity index (χ3n) is 1.96. The number of fused-ring (bicyclic) bond motifs is 1. The van der Waals surface area contributed by atoms with E-state index in [0.717, 1.165) is 29.3 Å². The Morgan fingerprint density at radius 2 is 2.27 bits per heavy atom. The predicted octanol–water partition coefficient (Wildman–Crippen LogP) is -0.163. The molecule has 0 aromatic carbocycles. The molecule has 1 aromatic rings. The van der Waals surface area contributed by atoms with Gasteiger partial charge in [0.1, 0.15) is 5.75 Å². The van der Waals surface area contributed by atoms with E-state index in [1.165, 1.54) is 5.56 Å². The van der Waals surface area contributed by atoms with Crippen LogP contribution >= 0.6 is 0 Å². The highest BCUT2D eigenvalue weighted by Gasteiger charge is 2.12. The maximum Gasteiger partial charge on any atom is 0.141 e. The summed E-state index contributed by atoms with van der Waals surface area (Å²) in [6.45, 7) is 8.41. The molecule has 2 nitrogen and oxygen atoms in total. The molecule has 2 rings (SSSR count). The van der Waals surface area contributed by atoms with E-state index in [9.17, 15) is 0 Å². The Hall–Kier alpha value is -1.31. The molecule has 11 heavy (non-hydrogen) atoms. The molecule has 0 spiro atoms. The molecular formula is C9H9NO. The summed E-state index contributed by atoms with van der Waals surface area (Å²) in [4.78, 5) is 4.05. The van der Waals surface area contributed by atoms with Crippen LogP contribution in [0.4, 0.5) is 0 Å². The van der Waals surface area contributed by atoms with E-state index in [-0.39, 0.29) is 0 Å². The smallest absolute Gasteiger partial charge is 0.141 e. The van der Waals surface area contributed by atoms with Gasteiger partial charge in [-0.25, -0.2) is 0 Å². The van der Waals surface area contributed by atoms with Crippen LogP contribution in [0.5, 0.6) is 5.75 Å². The molecular weight excluding hydrogens is 138 g/mol. The van der Waals surface area contributed by atoms with Crippen LogP contribution in [-0.2, 0) is 6.42 Å². The maximum absolute atomic E-state index is 5.30. The standard InChI is InChI=1S/C9H9NO/c1-6-7(2)10-5-9-8(6)3-4-11-9/h5H,1-4H2. The van der Waals surface area contributed by atoms with Crippen LogP contribution in [-0.4, -0.2) is 11.6 Å². The Morgan fingerprint density at radius 1 is 1.45 bits per heavy atom. The molecule has 0 N–H and O–H groups in total. The van der Waals surface area contributed by atoms with Gasteiger partial charge in [0.05, 0.1) is 18.2 Å². The molecule has 1 aliphatic rings. The number of hydrogen-bond donors (Lipinski definition) is 0. The fourth-order valence-electron chi connectivity index (χ4n) is 1.28. The van der Waals surface area contributed by atoms with Gasteiger partial charge >= 0.3 is 0 Å². The van der Waals surface area contributed by atoms with Gasteiger partial charge in [-0.1, -0.05) is 13.2 Å². The van der Waals surface area contributed by atoms with Crippen molar-refractivity contribution in [2.24, 2.45) is 0 Å². The van der Waals surface area contributed by atoms with Crippen molar-refractivity contribution in [3.63, 3.8) is 0 Å². The largest absolute Gasteiger partial charge is 0.491 e. The quantitative estimate of drug-likeness (QED) is 0.508. The van der Waals surface area contributed by atoms with Gasteiger partial charge in [-0.2, -0.15) is 0 Å². The van der Waals surface area contributed by atoms with Crippen LogP contribution in [0.15, 0.2) is 6.20 Å². The number of hydrogen-bond acceptors (Lipinski definition) is 2. The van der Waals surface area contributed by atoms with Crippen LogP contribution < -0.4 is 15.3 Å². The van der Waals surface area contributed by atoms with Gasteiger partial charge in [-0.15, -0.1) is 0 Å². The lowest BCUT2D eigenvalue weighted by Crippen LogP contribution is -2.27. The SMILES string of the molecule is C=c1ncc2c(c1=C)CCO2. The normalized spacial score (nSPS) is 14.2. The summed E-state index contributed by atoms with van der Waals surface area (Å²) in [5, 5.41) is 1.69. The van der Waals surface area contributed by atoms with Crippen LogP contribution in [0.1, 0.15) is 5.56 Å². The highest BCUT2D eigenvalue weighted by Crippen LogP contribution is 2.17. The average Bonchev–Trinajstić information content (AvgIpc) is 2.45. The van der Waals surface area contributed by atoms with Crippen LogP contribution in [0.3, 0.4) is 0 Å². The van der Waals surface area contributed by atoms with Crippen molar-refractivity contribution < 1.29 is 4.74 Å². The van der Waals surface area contributed by atoms with E-state index in [1.54, 1.807) is 6.20 Å². The molecule has 0 saturated heterocycles. The first-order chi connectivity index (χ1) is 5.29. The number of nitrogens with zero attached hydrogens (tertiary/aromatic N) is 1. The molecule has 2 heterocycles. The second-order valence-electron chi connectivity index (χ2n) is 2.62. The first kappa shape index (κ1) is 6.40. The molecule has 0 aliphatic carbocycles.